The van der Waals surface area contributed by atoms with Crippen molar-refractivity contribution in [3.8, 4) is 0 Å². The number of amides is 1. The summed E-state index contributed by atoms with van der Waals surface area (Å²) < 4.78 is 0. The standard InChI is InChI=1S/C19H21ClN2O/c20-17-8-3-1-7-16(17)14-19(23)21-11-5-12-22-13-10-15-6-2-4-9-18(15)22/h1-4,6-9H,5,10-14H2,(H,21,23). The molecule has 1 heterocycles. The zero-order chi connectivity index (χ0) is 16.1. The van der Waals surface area contributed by atoms with Gasteiger partial charge in [-0.25, -0.2) is 0 Å². The zero-order valence-corrected chi connectivity index (χ0v) is 13.9. The van der Waals surface area contributed by atoms with Crippen LogP contribution in [0.4, 0.5) is 5.69 Å². The summed E-state index contributed by atoms with van der Waals surface area (Å²) >= 11 is 6.08. The number of rotatable bonds is 6. The van der Waals surface area contributed by atoms with E-state index in [4.69, 9.17) is 11.6 Å². The van der Waals surface area contributed by atoms with Crippen molar-refractivity contribution in [2.24, 2.45) is 0 Å². The quantitative estimate of drug-likeness (QED) is 0.824. The summed E-state index contributed by atoms with van der Waals surface area (Å²) in [6, 6.07) is 16.0. The highest BCUT2D eigenvalue weighted by Gasteiger charge is 2.17. The van der Waals surface area contributed by atoms with Crippen molar-refractivity contribution >= 4 is 23.2 Å². The van der Waals surface area contributed by atoms with Crippen LogP contribution in [0.3, 0.4) is 0 Å². The van der Waals surface area contributed by atoms with Crippen molar-refractivity contribution in [1.82, 2.24) is 5.32 Å². The average molecular weight is 329 g/mol. The fourth-order valence-electron chi connectivity index (χ4n) is 3.01. The molecule has 3 nitrogen and oxygen atoms in total. The van der Waals surface area contributed by atoms with Gasteiger partial charge < -0.3 is 10.2 Å². The molecule has 1 aliphatic rings. The van der Waals surface area contributed by atoms with Gasteiger partial charge in [-0.05, 0) is 36.1 Å². The lowest BCUT2D eigenvalue weighted by atomic mass is 10.1. The van der Waals surface area contributed by atoms with Crippen molar-refractivity contribution in [3.63, 3.8) is 0 Å². The summed E-state index contributed by atoms with van der Waals surface area (Å²) in [4.78, 5) is 14.4. The lowest BCUT2D eigenvalue weighted by Gasteiger charge is -2.19. The second-order valence-electron chi connectivity index (χ2n) is 5.84. The molecule has 23 heavy (non-hydrogen) atoms. The Bertz CT molecular complexity index is 687. The second-order valence-corrected chi connectivity index (χ2v) is 6.24. The molecule has 0 radical (unpaired) electrons. The van der Waals surface area contributed by atoms with Crippen LogP contribution in [0.2, 0.25) is 5.02 Å². The Balaban J connectivity index is 1.41. The molecule has 120 valence electrons. The highest BCUT2D eigenvalue weighted by atomic mass is 35.5. The maximum atomic E-state index is 12.0. The van der Waals surface area contributed by atoms with E-state index in [9.17, 15) is 4.79 Å². The van der Waals surface area contributed by atoms with Crippen LogP contribution in [0.5, 0.6) is 0 Å². The fraction of sp³-hybridized carbons (Fsp3) is 0.316. The maximum absolute atomic E-state index is 12.0. The smallest absolute Gasteiger partial charge is 0.224 e. The number of carbonyl (C=O) groups excluding carboxylic acids is 1. The molecule has 0 spiro atoms. The predicted molar refractivity (Wildman–Crippen MR) is 95.1 cm³/mol. The van der Waals surface area contributed by atoms with Gasteiger partial charge >= 0.3 is 0 Å². The van der Waals surface area contributed by atoms with Gasteiger partial charge in [0.25, 0.3) is 0 Å². The Morgan fingerprint density at radius 2 is 1.91 bits per heavy atom. The molecule has 2 aromatic rings. The van der Waals surface area contributed by atoms with Crippen LogP contribution >= 0.6 is 11.6 Å². The van der Waals surface area contributed by atoms with Crippen LogP contribution in [0.15, 0.2) is 48.5 Å². The molecule has 0 aromatic heterocycles. The summed E-state index contributed by atoms with van der Waals surface area (Å²) in [7, 11) is 0. The first-order valence-electron chi connectivity index (χ1n) is 8.07. The number of hydrogen-bond acceptors (Lipinski definition) is 2. The van der Waals surface area contributed by atoms with Gasteiger partial charge in [0.05, 0.1) is 6.42 Å². The van der Waals surface area contributed by atoms with Gasteiger partial charge in [0, 0.05) is 30.3 Å². The number of halogens is 1. The molecule has 0 unspecified atom stereocenters. The van der Waals surface area contributed by atoms with Crippen LogP contribution in [0.25, 0.3) is 0 Å². The van der Waals surface area contributed by atoms with E-state index in [1.165, 1.54) is 11.3 Å². The summed E-state index contributed by atoms with van der Waals surface area (Å²) in [5.74, 6) is 0.0277. The van der Waals surface area contributed by atoms with Crippen molar-refractivity contribution in [1.29, 1.82) is 0 Å². The molecule has 2 aromatic carbocycles. The molecule has 0 saturated heterocycles. The SMILES string of the molecule is O=C(Cc1ccccc1Cl)NCCCN1CCc2ccccc21. The highest BCUT2D eigenvalue weighted by Crippen LogP contribution is 2.27. The van der Waals surface area contributed by atoms with Crippen LogP contribution in [0, 0.1) is 0 Å². The molecule has 0 bridgehead atoms. The van der Waals surface area contributed by atoms with Gasteiger partial charge in [-0.15, -0.1) is 0 Å². The molecule has 0 fully saturated rings. The molecule has 1 amide bonds. The second kappa shape index (κ2) is 7.51. The van der Waals surface area contributed by atoms with Crippen molar-refractivity contribution in [2.45, 2.75) is 19.3 Å². The van der Waals surface area contributed by atoms with Gasteiger partial charge in [0.1, 0.15) is 0 Å². The normalized spacial score (nSPS) is 13.0. The van der Waals surface area contributed by atoms with Crippen molar-refractivity contribution < 1.29 is 4.79 Å². The van der Waals surface area contributed by atoms with E-state index < -0.39 is 0 Å². The summed E-state index contributed by atoms with van der Waals surface area (Å²) in [5.41, 5.74) is 3.64. The molecule has 0 atom stereocenters. The molecule has 4 heteroatoms. The van der Waals surface area contributed by atoms with Crippen molar-refractivity contribution in [3.05, 3.63) is 64.7 Å². The van der Waals surface area contributed by atoms with Gasteiger partial charge in [-0.3, -0.25) is 4.79 Å². The molecule has 3 rings (SSSR count). The third kappa shape index (κ3) is 4.05. The Kier molecular flexibility index (Phi) is 5.19. The minimum absolute atomic E-state index is 0.0277. The van der Waals surface area contributed by atoms with E-state index in [0.717, 1.165) is 31.5 Å². The number of nitrogens with one attached hydrogen (secondary N) is 1. The minimum Gasteiger partial charge on any atom is -0.371 e. The summed E-state index contributed by atoms with van der Waals surface area (Å²) in [6.07, 6.45) is 2.41. The van der Waals surface area contributed by atoms with Gasteiger partial charge in [-0.2, -0.15) is 0 Å². The molecule has 1 N–H and O–H groups in total. The molecule has 0 saturated carbocycles. The molecule has 0 aliphatic carbocycles. The van der Waals surface area contributed by atoms with Gasteiger partial charge in [-0.1, -0.05) is 48.0 Å². The first kappa shape index (κ1) is 15.9. The summed E-state index contributed by atoms with van der Waals surface area (Å²) in [5, 5.41) is 3.63. The monoisotopic (exact) mass is 328 g/mol. The number of benzene rings is 2. The average Bonchev–Trinajstić information content (AvgIpc) is 2.97. The Morgan fingerprint density at radius 1 is 1.13 bits per heavy atom. The lowest BCUT2D eigenvalue weighted by molar-refractivity contribution is -0.120. The third-order valence-corrected chi connectivity index (χ3v) is 4.59. The first-order chi connectivity index (χ1) is 11.2. The van der Waals surface area contributed by atoms with Gasteiger partial charge in [0.15, 0.2) is 0 Å². The molecular formula is C19H21ClN2O. The summed E-state index contributed by atoms with van der Waals surface area (Å²) in [6.45, 7) is 2.75. The van der Waals surface area contributed by atoms with E-state index in [1.807, 2.05) is 24.3 Å². The number of carbonyl (C=O) groups is 1. The zero-order valence-electron chi connectivity index (χ0n) is 13.1. The Hall–Kier alpha value is -2.00. The Morgan fingerprint density at radius 3 is 2.78 bits per heavy atom. The predicted octanol–water partition coefficient (Wildman–Crippen LogP) is 3.45. The van der Waals surface area contributed by atoms with Crippen LogP contribution < -0.4 is 10.2 Å². The van der Waals surface area contributed by atoms with Crippen LogP contribution in [0.1, 0.15) is 17.5 Å². The maximum Gasteiger partial charge on any atom is 0.224 e. The highest BCUT2D eigenvalue weighted by molar-refractivity contribution is 6.31. The number of fused-ring (bicyclic) bond motifs is 1. The number of anilines is 1. The number of hydrogen-bond donors (Lipinski definition) is 1. The van der Waals surface area contributed by atoms with Gasteiger partial charge in [0.2, 0.25) is 5.91 Å². The lowest BCUT2D eigenvalue weighted by Crippen LogP contribution is -2.30. The van der Waals surface area contributed by atoms with Crippen LogP contribution in [-0.4, -0.2) is 25.5 Å². The van der Waals surface area contributed by atoms with Crippen molar-refractivity contribution in [2.75, 3.05) is 24.5 Å². The molecular weight excluding hydrogens is 308 g/mol. The fourth-order valence-corrected chi connectivity index (χ4v) is 3.22. The number of para-hydroxylation sites is 1. The molecule has 1 aliphatic heterocycles. The van der Waals surface area contributed by atoms with E-state index >= 15 is 0 Å². The van der Waals surface area contributed by atoms with E-state index in [0.29, 0.717) is 18.0 Å². The van der Waals surface area contributed by atoms with E-state index in [1.54, 1.807) is 0 Å². The third-order valence-electron chi connectivity index (χ3n) is 4.22. The van der Waals surface area contributed by atoms with Crippen LogP contribution in [-0.2, 0) is 17.6 Å². The topological polar surface area (TPSA) is 32.3 Å². The first-order valence-corrected chi connectivity index (χ1v) is 8.45. The van der Waals surface area contributed by atoms with E-state index in [2.05, 4.69) is 34.5 Å². The minimum atomic E-state index is 0.0277. The largest absolute Gasteiger partial charge is 0.371 e. The Labute approximate surface area is 142 Å². The number of nitrogens with zero attached hydrogens (tertiary/aromatic N) is 1. The van der Waals surface area contributed by atoms with E-state index in [-0.39, 0.29) is 5.91 Å².